The van der Waals surface area contributed by atoms with Crippen LogP contribution in [0.4, 0.5) is 0 Å². The van der Waals surface area contributed by atoms with Crippen LogP contribution in [0.3, 0.4) is 0 Å². The Morgan fingerprint density at radius 1 is 1.64 bits per heavy atom. The van der Waals surface area contributed by atoms with Gasteiger partial charge in [0.1, 0.15) is 0 Å². The Labute approximate surface area is 86.5 Å². The van der Waals surface area contributed by atoms with Gasteiger partial charge in [-0.05, 0) is 26.3 Å². The largest absolute Gasteiger partial charge is 0.383 e. The highest BCUT2D eigenvalue weighted by atomic mass is 16.5. The number of nitrogens with one attached hydrogen (secondary N) is 1. The predicted octanol–water partition coefficient (Wildman–Crippen LogP) is 1.35. The van der Waals surface area contributed by atoms with E-state index >= 15 is 0 Å². The molecule has 82 valence electrons. The van der Waals surface area contributed by atoms with E-state index in [-0.39, 0.29) is 0 Å². The number of ether oxygens (including phenoxy) is 2. The maximum Gasteiger partial charge on any atom is 0.0650 e. The molecule has 0 aliphatic carbocycles. The third-order valence-electron chi connectivity index (χ3n) is 2.41. The molecule has 0 aromatic rings. The molecule has 1 heterocycles. The lowest BCUT2D eigenvalue weighted by Gasteiger charge is -2.16. The van der Waals surface area contributed by atoms with Crippen LogP contribution in [-0.2, 0) is 9.47 Å². The van der Waals surface area contributed by atoms with E-state index in [4.69, 9.17) is 9.47 Å². The van der Waals surface area contributed by atoms with Crippen LogP contribution in [0.25, 0.3) is 0 Å². The number of hydrogen-bond acceptors (Lipinski definition) is 3. The standard InChI is InChI=1S/C11H21NO2/c1-10(9-13-2)12-6-3-11-4-7-14-8-5-11/h4,10,12H,3,5-9H2,1-2H3. The van der Waals surface area contributed by atoms with Crippen LogP contribution in [0.15, 0.2) is 11.6 Å². The molecule has 3 nitrogen and oxygen atoms in total. The summed E-state index contributed by atoms with van der Waals surface area (Å²) in [4.78, 5) is 0. The molecule has 1 aliphatic heterocycles. The van der Waals surface area contributed by atoms with Gasteiger partial charge in [0.15, 0.2) is 0 Å². The molecule has 0 amide bonds. The van der Waals surface area contributed by atoms with Crippen LogP contribution in [-0.4, -0.2) is 39.5 Å². The summed E-state index contributed by atoms with van der Waals surface area (Å²) >= 11 is 0. The molecule has 1 atom stereocenters. The Morgan fingerprint density at radius 2 is 2.50 bits per heavy atom. The molecule has 0 fully saturated rings. The van der Waals surface area contributed by atoms with Crippen LogP contribution in [0.5, 0.6) is 0 Å². The monoisotopic (exact) mass is 199 g/mol. The number of hydrogen-bond donors (Lipinski definition) is 1. The van der Waals surface area contributed by atoms with Crippen molar-refractivity contribution in [3.05, 3.63) is 11.6 Å². The van der Waals surface area contributed by atoms with Gasteiger partial charge in [0.25, 0.3) is 0 Å². The summed E-state index contributed by atoms with van der Waals surface area (Å²) in [5.74, 6) is 0. The normalized spacial score (nSPS) is 19.1. The van der Waals surface area contributed by atoms with Crippen molar-refractivity contribution in [1.29, 1.82) is 0 Å². The van der Waals surface area contributed by atoms with E-state index in [1.807, 2.05) is 0 Å². The summed E-state index contributed by atoms with van der Waals surface area (Å²) < 4.78 is 10.3. The van der Waals surface area contributed by atoms with Gasteiger partial charge in [-0.25, -0.2) is 0 Å². The third kappa shape index (κ3) is 4.74. The minimum Gasteiger partial charge on any atom is -0.383 e. The molecule has 0 spiro atoms. The summed E-state index contributed by atoms with van der Waals surface area (Å²) in [6.07, 6.45) is 4.43. The molecule has 0 aromatic heterocycles. The molecular formula is C11H21NO2. The van der Waals surface area contributed by atoms with Gasteiger partial charge in [0.05, 0.1) is 19.8 Å². The van der Waals surface area contributed by atoms with Gasteiger partial charge in [0, 0.05) is 13.2 Å². The van der Waals surface area contributed by atoms with Gasteiger partial charge in [0.2, 0.25) is 0 Å². The topological polar surface area (TPSA) is 30.5 Å². The summed E-state index contributed by atoms with van der Waals surface area (Å²) in [7, 11) is 1.74. The highest BCUT2D eigenvalue weighted by Gasteiger charge is 2.04. The first-order valence-electron chi connectivity index (χ1n) is 5.31. The van der Waals surface area contributed by atoms with Gasteiger partial charge in [-0.15, -0.1) is 0 Å². The molecule has 3 heteroatoms. The fourth-order valence-corrected chi connectivity index (χ4v) is 1.58. The third-order valence-corrected chi connectivity index (χ3v) is 2.41. The summed E-state index contributed by atoms with van der Waals surface area (Å²) in [5, 5.41) is 3.42. The lowest BCUT2D eigenvalue weighted by molar-refractivity contribution is 0.152. The number of rotatable bonds is 6. The number of methoxy groups -OCH3 is 1. The SMILES string of the molecule is COCC(C)NCCC1=CCOCC1. The van der Waals surface area contributed by atoms with E-state index in [1.165, 1.54) is 5.57 Å². The summed E-state index contributed by atoms with van der Waals surface area (Å²) in [6.45, 7) is 5.64. The average molecular weight is 199 g/mol. The maximum absolute atomic E-state index is 5.25. The molecule has 1 unspecified atom stereocenters. The molecule has 1 rings (SSSR count). The second-order valence-corrected chi connectivity index (χ2v) is 3.75. The van der Waals surface area contributed by atoms with Gasteiger partial charge >= 0.3 is 0 Å². The zero-order chi connectivity index (χ0) is 10.2. The Balaban J connectivity index is 2.05. The van der Waals surface area contributed by atoms with Crippen molar-refractivity contribution in [1.82, 2.24) is 5.32 Å². The Hall–Kier alpha value is -0.380. The van der Waals surface area contributed by atoms with Crippen molar-refractivity contribution in [3.8, 4) is 0 Å². The van der Waals surface area contributed by atoms with Crippen molar-refractivity contribution >= 4 is 0 Å². The van der Waals surface area contributed by atoms with Crippen LogP contribution < -0.4 is 5.32 Å². The van der Waals surface area contributed by atoms with Crippen LogP contribution in [0.2, 0.25) is 0 Å². The fraction of sp³-hybridized carbons (Fsp3) is 0.818. The molecule has 0 saturated carbocycles. The first-order chi connectivity index (χ1) is 6.83. The van der Waals surface area contributed by atoms with E-state index in [0.29, 0.717) is 6.04 Å². The Kier molecular flexibility index (Phi) is 5.83. The summed E-state index contributed by atoms with van der Waals surface area (Å²) in [6, 6.07) is 0.445. The van der Waals surface area contributed by atoms with Crippen molar-refractivity contribution in [2.75, 3.05) is 33.5 Å². The van der Waals surface area contributed by atoms with Gasteiger partial charge < -0.3 is 14.8 Å². The summed E-state index contributed by atoms with van der Waals surface area (Å²) in [5.41, 5.74) is 1.52. The maximum atomic E-state index is 5.25. The lowest BCUT2D eigenvalue weighted by atomic mass is 10.1. The van der Waals surface area contributed by atoms with Gasteiger partial charge in [-0.1, -0.05) is 11.6 Å². The zero-order valence-electron chi connectivity index (χ0n) is 9.21. The van der Waals surface area contributed by atoms with Crippen molar-refractivity contribution < 1.29 is 9.47 Å². The molecule has 0 aromatic carbocycles. The van der Waals surface area contributed by atoms with E-state index < -0.39 is 0 Å². The van der Waals surface area contributed by atoms with Crippen molar-refractivity contribution in [2.45, 2.75) is 25.8 Å². The average Bonchev–Trinajstić information content (AvgIpc) is 2.20. The second kappa shape index (κ2) is 6.98. The van der Waals surface area contributed by atoms with E-state index in [9.17, 15) is 0 Å². The van der Waals surface area contributed by atoms with Crippen molar-refractivity contribution in [3.63, 3.8) is 0 Å². The Morgan fingerprint density at radius 3 is 3.14 bits per heavy atom. The minimum atomic E-state index is 0.445. The lowest BCUT2D eigenvalue weighted by Crippen LogP contribution is -2.31. The van der Waals surface area contributed by atoms with Gasteiger partial charge in [-0.3, -0.25) is 0 Å². The molecule has 1 aliphatic rings. The smallest absolute Gasteiger partial charge is 0.0650 e. The Bertz CT molecular complexity index is 180. The predicted molar refractivity (Wildman–Crippen MR) is 57.5 cm³/mol. The van der Waals surface area contributed by atoms with Crippen LogP contribution in [0.1, 0.15) is 19.8 Å². The second-order valence-electron chi connectivity index (χ2n) is 3.75. The van der Waals surface area contributed by atoms with E-state index in [1.54, 1.807) is 7.11 Å². The molecule has 0 radical (unpaired) electrons. The van der Waals surface area contributed by atoms with Gasteiger partial charge in [-0.2, -0.15) is 0 Å². The van der Waals surface area contributed by atoms with E-state index in [0.717, 1.165) is 39.2 Å². The molecule has 0 bridgehead atoms. The minimum absolute atomic E-state index is 0.445. The highest BCUT2D eigenvalue weighted by Crippen LogP contribution is 2.10. The van der Waals surface area contributed by atoms with Crippen LogP contribution >= 0.6 is 0 Å². The first-order valence-corrected chi connectivity index (χ1v) is 5.31. The molecular weight excluding hydrogens is 178 g/mol. The van der Waals surface area contributed by atoms with Crippen LogP contribution in [0, 0.1) is 0 Å². The highest BCUT2D eigenvalue weighted by molar-refractivity contribution is 5.04. The fourth-order valence-electron chi connectivity index (χ4n) is 1.58. The zero-order valence-corrected chi connectivity index (χ0v) is 9.21. The van der Waals surface area contributed by atoms with E-state index in [2.05, 4.69) is 18.3 Å². The first kappa shape index (κ1) is 11.7. The molecule has 0 saturated heterocycles. The molecule has 1 N–H and O–H groups in total. The molecule has 14 heavy (non-hydrogen) atoms. The quantitative estimate of drug-likeness (QED) is 0.655. The van der Waals surface area contributed by atoms with Crippen molar-refractivity contribution in [2.24, 2.45) is 0 Å².